The molecular weight excluding hydrogens is 366 g/mol. The van der Waals surface area contributed by atoms with Crippen molar-refractivity contribution in [3.63, 3.8) is 0 Å². The van der Waals surface area contributed by atoms with E-state index in [0.717, 1.165) is 17.2 Å². The first-order chi connectivity index (χ1) is 14.1. The van der Waals surface area contributed by atoms with Gasteiger partial charge in [-0.15, -0.1) is 0 Å². The molecule has 0 bridgehead atoms. The van der Waals surface area contributed by atoms with Crippen LogP contribution in [-0.2, 0) is 4.74 Å². The Morgan fingerprint density at radius 2 is 1.37 bits per heavy atom. The van der Waals surface area contributed by atoms with Crippen LogP contribution < -0.4 is 0 Å². The van der Waals surface area contributed by atoms with Gasteiger partial charge in [0.25, 0.3) is 0 Å². The fourth-order valence-electron chi connectivity index (χ4n) is 3.85. The van der Waals surface area contributed by atoms with Gasteiger partial charge in [-0.05, 0) is 66.3 Å². The molecule has 0 fully saturated rings. The highest BCUT2D eigenvalue weighted by molar-refractivity contribution is 6.00. The van der Waals surface area contributed by atoms with Crippen LogP contribution in [0.3, 0.4) is 0 Å². The fourth-order valence-corrected chi connectivity index (χ4v) is 3.85. The third kappa shape index (κ3) is 5.41. The normalized spacial score (nSPS) is 13.0. The summed E-state index contributed by atoms with van der Waals surface area (Å²) in [6.45, 7) is 19.8. The molecule has 30 heavy (non-hydrogen) atoms. The summed E-state index contributed by atoms with van der Waals surface area (Å²) < 4.78 is 5.97. The van der Waals surface area contributed by atoms with E-state index in [2.05, 4.69) is 98.7 Å². The van der Waals surface area contributed by atoms with Gasteiger partial charge in [0, 0.05) is 17.4 Å². The quantitative estimate of drug-likeness (QED) is 0.334. The molecule has 0 aliphatic carbocycles. The van der Waals surface area contributed by atoms with Crippen molar-refractivity contribution in [3.8, 4) is 0 Å². The van der Waals surface area contributed by atoms with Crippen LogP contribution in [-0.4, -0.2) is 12.8 Å². The van der Waals surface area contributed by atoms with Gasteiger partial charge >= 0.3 is 0 Å². The number of ether oxygens (including phenoxy) is 1. The lowest BCUT2D eigenvalue weighted by atomic mass is 9.83. The highest BCUT2D eigenvalue weighted by Crippen LogP contribution is 2.36. The zero-order chi connectivity index (χ0) is 22.6. The minimum absolute atomic E-state index is 0.408. The second kappa shape index (κ2) is 10.1. The lowest BCUT2D eigenvalue weighted by Crippen LogP contribution is -2.08. The van der Waals surface area contributed by atoms with Crippen molar-refractivity contribution in [2.24, 2.45) is 4.99 Å². The molecule has 0 aliphatic heterocycles. The summed E-state index contributed by atoms with van der Waals surface area (Å²) in [5.41, 5.74) is 9.68. The average Bonchev–Trinajstić information content (AvgIpc) is 2.67. The number of para-hydroxylation sites is 1. The number of methoxy groups -OCH3 is 1. The van der Waals surface area contributed by atoms with Crippen molar-refractivity contribution in [2.45, 2.75) is 80.1 Å². The molecule has 2 nitrogen and oxygen atoms in total. The van der Waals surface area contributed by atoms with E-state index in [0.29, 0.717) is 17.8 Å². The molecule has 0 amide bonds. The van der Waals surface area contributed by atoms with E-state index >= 15 is 0 Å². The third-order valence-electron chi connectivity index (χ3n) is 5.67. The van der Waals surface area contributed by atoms with Gasteiger partial charge in [0.05, 0.1) is 12.8 Å². The van der Waals surface area contributed by atoms with Gasteiger partial charge in [-0.3, -0.25) is 4.99 Å². The Morgan fingerprint density at radius 1 is 0.867 bits per heavy atom. The number of hydrogen-bond acceptors (Lipinski definition) is 2. The molecule has 2 heteroatoms. The van der Waals surface area contributed by atoms with Gasteiger partial charge in [-0.2, -0.15) is 0 Å². The smallest absolute Gasteiger partial charge is 0.128 e. The first-order valence-corrected chi connectivity index (χ1v) is 11.1. The molecule has 0 aromatic heterocycles. The maximum absolute atomic E-state index is 5.97. The standard InChI is InChI=1S/C28H39NO/c1-17(2)23-15-24(18(3)4)27(25(16-23)19(5)6)26(30-10)14-22(9)29-28-20(7)12-11-13-21(28)8/h11-19H,1-10H3/b26-14-,29-22?. The van der Waals surface area contributed by atoms with Crippen molar-refractivity contribution < 1.29 is 4.74 Å². The van der Waals surface area contributed by atoms with E-state index in [1.807, 2.05) is 0 Å². The molecule has 162 valence electrons. The van der Waals surface area contributed by atoms with Crippen LogP contribution in [0.2, 0.25) is 0 Å². The van der Waals surface area contributed by atoms with Crippen molar-refractivity contribution in [2.75, 3.05) is 7.11 Å². The van der Waals surface area contributed by atoms with Crippen molar-refractivity contribution in [1.29, 1.82) is 0 Å². The van der Waals surface area contributed by atoms with Gasteiger partial charge in [0.2, 0.25) is 0 Å². The maximum Gasteiger partial charge on any atom is 0.128 e. The monoisotopic (exact) mass is 405 g/mol. The summed E-state index contributed by atoms with van der Waals surface area (Å²) in [5.74, 6) is 2.21. The number of hydrogen-bond donors (Lipinski definition) is 0. The van der Waals surface area contributed by atoms with Gasteiger partial charge in [0.1, 0.15) is 5.76 Å². The molecule has 0 heterocycles. The molecule has 2 aromatic rings. The lowest BCUT2D eigenvalue weighted by Gasteiger charge is -2.24. The number of benzene rings is 2. The Hall–Kier alpha value is -2.35. The molecule has 0 radical (unpaired) electrons. The Balaban J connectivity index is 2.71. The van der Waals surface area contributed by atoms with Crippen LogP contribution in [0.5, 0.6) is 0 Å². The van der Waals surface area contributed by atoms with Crippen LogP contribution in [0, 0.1) is 13.8 Å². The van der Waals surface area contributed by atoms with Crippen molar-refractivity contribution in [1.82, 2.24) is 0 Å². The third-order valence-corrected chi connectivity index (χ3v) is 5.67. The van der Waals surface area contributed by atoms with E-state index in [-0.39, 0.29) is 0 Å². The highest BCUT2D eigenvalue weighted by Gasteiger charge is 2.20. The number of rotatable bonds is 7. The predicted molar refractivity (Wildman–Crippen MR) is 132 cm³/mol. The Labute approximate surface area is 184 Å². The second-order valence-corrected chi connectivity index (χ2v) is 9.24. The second-order valence-electron chi connectivity index (χ2n) is 9.24. The molecular formula is C28H39NO. The Kier molecular flexibility index (Phi) is 8.06. The molecule has 0 saturated carbocycles. The molecule has 2 aromatic carbocycles. The molecule has 0 saturated heterocycles. The zero-order valence-electron chi connectivity index (χ0n) is 20.6. The number of allylic oxidation sites excluding steroid dienone is 1. The first kappa shape index (κ1) is 23.9. The highest BCUT2D eigenvalue weighted by atomic mass is 16.5. The van der Waals surface area contributed by atoms with Crippen molar-refractivity contribution >= 4 is 17.2 Å². The lowest BCUT2D eigenvalue weighted by molar-refractivity contribution is 0.369. The minimum atomic E-state index is 0.408. The summed E-state index contributed by atoms with van der Waals surface area (Å²) in [7, 11) is 1.77. The Morgan fingerprint density at radius 3 is 1.77 bits per heavy atom. The van der Waals surface area contributed by atoms with E-state index in [4.69, 9.17) is 9.73 Å². The molecule has 2 rings (SSSR count). The van der Waals surface area contributed by atoms with Crippen LogP contribution in [0.25, 0.3) is 5.76 Å². The largest absolute Gasteiger partial charge is 0.496 e. The van der Waals surface area contributed by atoms with Gasteiger partial charge in [-0.25, -0.2) is 0 Å². The SMILES string of the molecule is CO/C(=C\C(C)=Nc1c(C)cccc1C)c1c(C(C)C)cc(C(C)C)cc1C(C)C. The minimum Gasteiger partial charge on any atom is -0.496 e. The zero-order valence-corrected chi connectivity index (χ0v) is 20.6. The Bertz CT molecular complexity index is 896. The molecule has 0 aliphatic rings. The van der Waals surface area contributed by atoms with Crippen LogP contribution in [0.4, 0.5) is 5.69 Å². The summed E-state index contributed by atoms with van der Waals surface area (Å²) in [5, 5.41) is 0. The predicted octanol–water partition coefficient (Wildman–Crippen LogP) is 8.45. The summed E-state index contributed by atoms with van der Waals surface area (Å²) in [6, 6.07) is 11.0. The molecule has 0 unspecified atom stereocenters. The molecule has 0 atom stereocenters. The average molecular weight is 406 g/mol. The number of aliphatic imine (C=N–C) groups is 1. The first-order valence-electron chi connectivity index (χ1n) is 11.1. The molecule has 0 spiro atoms. The number of aryl methyl sites for hydroxylation is 2. The summed E-state index contributed by atoms with van der Waals surface area (Å²) in [6.07, 6.45) is 2.09. The maximum atomic E-state index is 5.97. The van der Waals surface area contributed by atoms with Gasteiger partial charge < -0.3 is 4.74 Å². The fraction of sp³-hybridized carbons (Fsp3) is 0.464. The van der Waals surface area contributed by atoms with E-state index in [9.17, 15) is 0 Å². The van der Waals surface area contributed by atoms with Gasteiger partial charge in [-0.1, -0.05) is 71.9 Å². The summed E-state index contributed by atoms with van der Waals surface area (Å²) in [4.78, 5) is 4.93. The van der Waals surface area contributed by atoms with Crippen LogP contribution >= 0.6 is 0 Å². The molecule has 0 N–H and O–H groups in total. The van der Waals surface area contributed by atoms with Crippen molar-refractivity contribution in [3.05, 3.63) is 69.8 Å². The number of nitrogens with zero attached hydrogens (tertiary/aromatic N) is 1. The van der Waals surface area contributed by atoms with E-state index < -0.39 is 0 Å². The van der Waals surface area contributed by atoms with E-state index in [1.165, 1.54) is 33.4 Å². The summed E-state index contributed by atoms with van der Waals surface area (Å²) >= 11 is 0. The van der Waals surface area contributed by atoms with Crippen LogP contribution in [0.15, 0.2) is 41.4 Å². The topological polar surface area (TPSA) is 21.6 Å². The van der Waals surface area contributed by atoms with E-state index in [1.54, 1.807) is 7.11 Å². The van der Waals surface area contributed by atoms with Crippen LogP contribution in [0.1, 0.15) is 99.6 Å². The van der Waals surface area contributed by atoms with Gasteiger partial charge in [0.15, 0.2) is 0 Å².